The first-order valence-electron chi connectivity index (χ1n) is 14.8. The van der Waals surface area contributed by atoms with Crippen LogP contribution in [0.2, 0.25) is 5.02 Å². The van der Waals surface area contributed by atoms with E-state index in [9.17, 15) is 9.18 Å². The predicted molar refractivity (Wildman–Crippen MR) is 162 cm³/mol. The summed E-state index contributed by atoms with van der Waals surface area (Å²) in [5, 5.41) is 0.955. The molecular weight excluding hydrogens is 587 g/mol. The summed E-state index contributed by atoms with van der Waals surface area (Å²) in [6, 6.07) is 13.6. The van der Waals surface area contributed by atoms with Crippen LogP contribution in [-0.4, -0.2) is 58.3 Å². The summed E-state index contributed by atoms with van der Waals surface area (Å²) in [4.78, 5) is 24.1. The summed E-state index contributed by atoms with van der Waals surface area (Å²) < 4.78 is 38.2. The van der Waals surface area contributed by atoms with E-state index in [1.165, 1.54) is 13.2 Å². The van der Waals surface area contributed by atoms with Crippen LogP contribution in [0.3, 0.4) is 0 Å². The highest BCUT2D eigenvalue weighted by Crippen LogP contribution is 2.35. The normalized spacial score (nSPS) is 17.7. The molecule has 5 heterocycles. The Morgan fingerprint density at radius 1 is 1.14 bits per heavy atom. The topological polar surface area (TPSA) is 91.9 Å². The van der Waals surface area contributed by atoms with Gasteiger partial charge in [0.25, 0.3) is 6.01 Å². The van der Waals surface area contributed by atoms with Gasteiger partial charge < -0.3 is 23.2 Å². The molecule has 0 N–H and O–H groups in total. The first-order valence-corrected chi connectivity index (χ1v) is 15.2. The number of nitrogens with zero attached hydrogens (tertiary/aromatic N) is 4. The fraction of sp³-hybridized carbons (Fsp3) is 0.364. The Balaban J connectivity index is 1.05. The van der Waals surface area contributed by atoms with Crippen LogP contribution in [0.15, 0.2) is 59.1 Å². The molecule has 2 fully saturated rings. The van der Waals surface area contributed by atoms with Gasteiger partial charge in [0, 0.05) is 35.4 Å². The largest absolute Gasteiger partial charge is 0.472 e. The van der Waals surface area contributed by atoms with Gasteiger partial charge in [0.1, 0.15) is 18.0 Å². The highest BCUT2D eigenvalue weighted by molar-refractivity contribution is 6.35. The van der Waals surface area contributed by atoms with Gasteiger partial charge in [0.15, 0.2) is 0 Å². The van der Waals surface area contributed by atoms with E-state index in [-0.39, 0.29) is 24.6 Å². The molecule has 0 amide bonds. The molecule has 2 aliphatic rings. The van der Waals surface area contributed by atoms with Gasteiger partial charge in [-0.05, 0) is 68.6 Å². The van der Waals surface area contributed by atoms with Crippen molar-refractivity contribution in [1.82, 2.24) is 19.4 Å². The third-order valence-electron chi connectivity index (χ3n) is 8.67. The lowest BCUT2D eigenvalue weighted by molar-refractivity contribution is -0.0592. The van der Waals surface area contributed by atoms with Gasteiger partial charge in [0.2, 0.25) is 5.88 Å². The van der Waals surface area contributed by atoms with Crippen molar-refractivity contribution in [3.8, 4) is 5.88 Å². The number of rotatable bonds is 9. The lowest BCUT2D eigenvalue weighted by atomic mass is 9.90. The number of piperidine rings is 1. The smallest absolute Gasteiger partial charge is 0.337 e. The SMILES string of the molecule is COC(=O)c1ccc2nc(CN3CCC(c4cccnc4OCc4ccc(Cl)c5cc(F)oc45)CC3)n(C[C@@H]3CCO3)c2c1. The number of ether oxygens (including phenoxy) is 3. The highest BCUT2D eigenvalue weighted by Gasteiger charge is 2.27. The monoisotopic (exact) mass is 618 g/mol. The van der Waals surface area contributed by atoms with E-state index in [0.29, 0.717) is 46.1 Å². The fourth-order valence-corrected chi connectivity index (χ4v) is 6.39. The molecule has 44 heavy (non-hydrogen) atoms. The number of fused-ring (bicyclic) bond motifs is 2. The Kier molecular flexibility index (Phi) is 7.97. The van der Waals surface area contributed by atoms with Crippen LogP contribution in [-0.2, 0) is 29.2 Å². The van der Waals surface area contributed by atoms with Crippen LogP contribution in [0, 0.1) is 6.01 Å². The molecule has 1 atom stereocenters. The fourth-order valence-electron chi connectivity index (χ4n) is 6.19. The molecule has 0 aliphatic carbocycles. The number of pyridine rings is 1. The zero-order valence-electron chi connectivity index (χ0n) is 24.3. The maximum atomic E-state index is 13.8. The Hall–Kier alpha value is -3.99. The Labute approximate surface area is 258 Å². The van der Waals surface area contributed by atoms with Gasteiger partial charge in [-0.2, -0.15) is 4.39 Å². The summed E-state index contributed by atoms with van der Waals surface area (Å²) in [6.45, 7) is 4.14. The van der Waals surface area contributed by atoms with E-state index in [4.69, 9.17) is 35.2 Å². The van der Waals surface area contributed by atoms with Gasteiger partial charge in [0.05, 0.1) is 47.9 Å². The second kappa shape index (κ2) is 12.2. The van der Waals surface area contributed by atoms with Crippen LogP contribution in [0.4, 0.5) is 4.39 Å². The first-order chi connectivity index (χ1) is 21.5. The minimum absolute atomic E-state index is 0.151. The molecule has 0 saturated carbocycles. The van der Waals surface area contributed by atoms with E-state index in [0.717, 1.165) is 61.4 Å². The van der Waals surface area contributed by atoms with Gasteiger partial charge in [-0.3, -0.25) is 4.90 Å². The molecule has 9 nitrogen and oxygen atoms in total. The molecule has 0 bridgehead atoms. The van der Waals surface area contributed by atoms with Gasteiger partial charge in [-0.15, -0.1) is 0 Å². The number of methoxy groups -OCH3 is 1. The second-order valence-electron chi connectivity index (χ2n) is 11.4. The van der Waals surface area contributed by atoms with Crippen molar-refractivity contribution < 1.29 is 27.8 Å². The minimum Gasteiger partial charge on any atom is -0.472 e. The van der Waals surface area contributed by atoms with Crippen LogP contribution in [0.1, 0.15) is 52.5 Å². The summed E-state index contributed by atoms with van der Waals surface area (Å²) in [7, 11) is 1.39. The Morgan fingerprint density at radius 2 is 1.98 bits per heavy atom. The molecule has 11 heteroatoms. The van der Waals surface area contributed by atoms with Crippen molar-refractivity contribution in [2.24, 2.45) is 0 Å². The van der Waals surface area contributed by atoms with Crippen LogP contribution >= 0.6 is 11.6 Å². The molecule has 0 unspecified atom stereocenters. The molecule has 7 rings (SSSR count). The van der Waals surface area contributed by atoms with Crippen molar-refractivity contribution in [1.29, 1.82) is 0 Å². The number of hydrogen-bond acceptors (Lipinski definition) is 8. The number of likely N-dealkylation sites (tertiary alicyclic amines) is 1. The van der Waals surface area contributed by atoms with Crippen molar-refractivity contribution in [3.05, 3.63) is 88.3 Å². The molecule has 2 aliphatic heterocycles. The molecule has 228 valence electrons. The first kappa shape index (κ1) is 28.8. The van der Waals surface area contributed by atoms with Gasteiger partial charge >= 0.3 is 5.97 Å². The second-order valence-corrected chi connectivity index (χ2v) is 11.8. The molecule has 2 aromatic carbocycles. The summed E-state index contributed by atoms with van der Waals surface area (Å²) in [5.41, 5.74) is 4.43. The quantitative estimate of drug-likeness (QED) is 0.173. The average Bonchev–Trinajstić information content (AvgIpc) is 3.58. The lowest BCUT2D eigenvalue weighted by Gasteiger charge is -2.33. The molecule has 0 radical (unpaired) electrons. The summed E-state index contributed by atoms with van der Waals surface area (Å²) >= 11 is 6.22. The maximum absolute atomic E-state index is 13.8. The van der Waals surface area contributed by atoms with Gasteiger partial charge in [-0.25, -0.2) is 14.8 Å². The van der Waals surface area contributed by atoms with E-state index in [1.807, 2.05) is 18.2 Å². The number of benzene rings is 2. The number of esters is 1. The number of imidazole rings is 1. The number of carbonyl (C=O) groups excluding carboxylic acids is 1. The van der Waals surface area contributed by atoms with Crippen molar-refractivity contribution >= 4 is 39.6 Å². The zero-order valence-corrected chi connectivity index (χ0v) is 25.1. The lowest BCUT2D eigenvalue weighted by Crippen LogP contribution is -2.35. The van der Waals surface area contributed by atoms with Crippen molar-refractivity contribution in [2.75, 3.05) is 26.8 Å². The number of furan rings is 1. The number of hydrogen-bond donors (Lipinski definition) is 0. The van der Waals surface area contributed by atoms with Crippen LogP contribution < -0.4 is 4.74 Å². The minimum atomic E-state index is -0.683. The van der Waals surface area contributed by atoms with Crippen molar-refractivity contribution in [2.45, 2.75) is 51.0 Å². The predicted octanol–water partition coefficient (Wildman–Crippen LogP) is 6.50. The third kappa shape index (κ3) is 5.65. The number of halogens is 2. The number of aromatic nitrogens is 3. The summed E-state index contributed by atoms with van der Waals surface area (Å²) in [6.07, 6.45) is 4.76. The van der Waals surface area contributed by atoms with Crippen LogP contribution in [0.5, 0.6) is 5.88 Å². The number of carbonyl (C=O) groups is 1. The molecule has 5 aromatic rings. The molecule has 0 spiro atoms. The van der Waals surface area contributed by atoms with E-state index in [2.05, 4.69) is 20.5 Å². The third-order valence-corrected chi connectivity index (χ3v) is 9.00. The van der Waals surface area contributed by atoms with Crippen molar-refractivity contribution in [3.63, 3.8) is 0 Å². The average molecular weight is 619 g/mol. The van der Waals surface area contributed by atoms with E-state index < -0.39 is 6.01 Å². The molecule has 2 saturated heterocycles. The van der Waals surface area contributed by atoms with E-state index in [1.54, 1.807) is 24.4 Å². The Morgan fingerprint density at radius 3 is 2.75 bits per heavy atom. The maximum Gasteiger partial charge on any atom is 0.337 e. The van der Waals surface area contributed by atoms with E-state index >= 15 is 0 Å². The standard InChI is InChI=1S/C33H32ClFN4O5/c1-41-33(40)21-5-7-27-28(15-21)39(17-23-10-14-42-23)30(37-27)18-38-12-8-20(9-13-38)24-3-2-11-36-32(24)43-19-22-4-6-26(34)25-16-29(35)44-31(22)25/h2-7,11,15-16,20,23H,8-10,12-14,17-19H2,1H3/t23-/m0/s1. The Bertz CT molecular complexity index is 1830. The molecular formula is C33H32ClFN4O5. The van der Waals surface area contributed by atoms with Crippen LogP contribution in [0.25, 0.3) is 22.0 Å². The molecule has 3 aromatic heterocycles. The zero-order chi connectivity index (χ0) is 30.2. The van der Waals surface area contributed by atoms with Gasteiger partial charge in [-0.1, -0.05) is 23.7 Å². The highest BCUT2D eigenvalue weighted by atomic mass is 35.5. The summed E-state index contributed by atoms with van der Waals surface area (Å²) in [5.74, 6) is 1.46.